The van der Waals surface area contributed by atoms with Crippen LogP contribution in [0.1, 0.15) is 56.7 Å². The van der Waals surface area contributed by atoms with E-state index in [4.69, 9.17) is 4.74 Å². The first-order valence-electron chi connectivity index (χ1n) is 11.0. The average Bonchev–Trinajstić information content (AvgIpc) is 3.54. The second-order valence-corrected chi connectivity index (χ2v) is 9.41. The number of amides is 1. The van der Waals surface area contributed by atoms with Crippen LogP contribution >= 0.6 is 11.8 Å². The van der Waals surface area contributed by atoms with E-state index in [0.717, 1.165) is 43.8 Å². The highest BCUT2D eigenvalue weighted by Crippen LogP contribution is 2.40. The minimum absolute atomic E-state index is 0.0781. The molecule has 1 amide bonds. The number of carbonyl (C=O) groups is 1. The average molecular weight is 420 g/mol. The Labute approximate surface area is 177 Å². The van der Waals surface area contributed by atoms with Crippen LogP contribution in [0.15, 0.2) is 17.8 Å². The van der Waals surface area contributed by atoms with E-state index in [9.17, 15) is 4.79 Å². The summed E-state index contributed by atoms with van der Waals surface area (Å²) in [6.45, 7) is 8.82. The standard InChI is InChI=1S/C21H33N5O2S/c1-2-10-26-19(17-6-7-17)23-24-20(26)29-15-18(27)22-16-21(8-4-3-5-9-21)25-11-13-28-14-12-25/h2,17H,1,3-16H2,(H,22,27). The molecule has 8 heteroatoms. The summed E-state index contributed by atoms with van der Waals surface area (Å²) >= 11 is 1.48. The van der Waals surface area contributed by atoms with E-state index in [1.165, 1.54) is 56.7 Å². The lowest BCUT2D eigenvalue weighted by atomic mass is 9.79. The Bertz CT molecular complexity index is 706. The lowest BCUT2D eigenvalue weighted by molar-refractivity contribution is -0.119. The van der Waals surface area contributed by atoms with E-state index in [-0.39, 0.29) is 11.4 Å². The van der Waals surface area contributed by atoms with Gasteiger partial charge in [0, 0.05) is 37.6 Å². The largest absolute Gasteiger partial charge is 0.379 e. The number of rotatable bonds is 9. The van der Waals surface area contributed by atoms with E-state index < -0.39 is 0 Å². The van der Waals surface area contributed by atoms with Gasteiger partial charge in [-0.25, -0.2) is 0 Å². The molecule has 1 saturated heterocycles. The van der Waals surface area contributed by atoms with Gasteiger partial charge in [-0.05, 0) is 25.7 Å². The highest BCUT2D eigenvalue weighted by Gasteiger charge is 2.38. The Morgan fingerprint density at radius 1 is 1.24 bits per heavy atom. The van der Waals surface area contributed by atoms with Crippen molar-refractivity contribution in [2.45, 2.75) is 68.1 Å². The molecule has 1 aromatic heterocycles. The Morgan fingerprint density at radius 2 is 2.00 bits per heavy atom. The van der Waals surface area contributed by atoms with Gasteiger partial charge in [-0.3, -0.25) is 9.69 Å². The van der Waals surface area contributed by atoms with Crippen molar-refractivity contribution in [3.63, 3.8) is 0 Å². The van der Waals surface area contributed by atoms with Crippen LogP contribution in [0.25, 0.3) is 0 Å². The molecule has 0 spiro atoms. The van der Waals surface area contributed by atoms with Crippen molar-refractivity contribution in [2.75, 3.05) is 38.6 Å². The summed E-state index contributed by atoms with van der Waals surface area (Å²) < 4.78 is 7.66. The maximum Gasteiger partial charge on any atom is 0.230 e. The van der Waals surface area contributed by atoms with Gasteiger partial charge in [-0.2, -0.15) is 0 Å². The topological polar surface area (TPSA) is 72.3 Å². The second kappa shape index (κ2) is 9.62. The third-order valence-corrected chi connectivity index (χ3v) is 7.38. The third kappa shape index (κ3) is 5.03. The molecular formula is C21H33N5O2S. The van der Waals surface area contributed by atoms with E-state index >= 15 is 0 Å². The molecule has 0 aromatic carbocycles. The number of ether oxygens (including phenoxy) is 1. The summed E-state index contributed by atoms with van der Waals surface area (Å²) in [5, 5.41) is 12.7. The number of thioether (sulfide) groups is 1. The van der Waals surface area contributed by atoms with Crippen molar-refractivity contribution in [2.24, 2.45) is 0 Å². The second-order valence-electron chi connectivity index (χ2n) is 8.46. The zero-order valence-corrected chi connectivity index (χ0v) is 18.1. The molecule has 0 atom stereocenters. The Kier molecular flexibility index (Phi) is 6.92. The quantitative estimate of drug-likeness (QED) is 0.490. The fourth-order valence-corrected chi connectivity index (χ4v) is 5.43. The predicted molar refractivity (Wildman–Crippen MR) is 114 cm³/mol. The molecule has 2 aliphatic carbocycles. The van der Waals surface area contributed by atoms with Gasteiger partial charge in [-0.15, -0.1) is 16.8 Å². The van der Waals surface area contributed by atoms with Gasteiger partial charge >= 0.3 is 0 Å². The zero-order chi connectivity index (χ0) is 20.1. The number of carbonyl (C=O) groups excluding carboxylic acids is 1. The van der Waals surface area contributed by atoms with Crippen LogP contribution in [0.3, 0.4) is 0 Å². The fourth-order valence-electron chi connectivity index (χ4n) is 4.65. The van der Waals surface area contributed by atoms with Crippen molar-refractivity contribution < 1.29 is 9.53 Å². The van der Waals surface area contributed by atoms with Gasteiger partial charge in [-0.1, -0.05) is 37.1 Å². The first-order chi connectivity index (χ1) is 14.2. The molecule has 160 valence electrons. The molecule has 1 aliphatic heterocycles. The predicted octanol–water partition coefficient (Wildman–Crippen LogP) is 2.58. The zero-order valence-electron chi connectivity index (χ0n) is 17.3. The van der Waals surface area contributed by atoms with E-state index in [1.807, 2.05) is 6.08 Å². The minimum Gasteiger partial charge on any atom is -0.379 e. The summed E-state index contributed by atoms with van der Waals surface area (Å²) in [6, 6.07) is 0. The van der Waals surface area contributed by atoms with Crippen molar-refractivity contribution in [1.29, 1.82) is 0 Å². The van der Waals surface area contributed by atoms with E-state index in [2.05, 4.69) is 31.6 Å². The number of hydrogen-bond acceptors (Lipinski definition) is 6. The summed E-state index contributed by atoms with van der Waals surface area (Å²) in [7, 11) is 0. The number of nitrogens with zero attached hydrogens (tertiary/aromatic N) is 4. The maximum atomic E-state index is 12.7. The highest BCUT2D eigenvalue weighted by molar-refractivity contribution is 7.99. The van der Waals surface area contributed by atoms with Crippen molar-refractivity contribution in [3.05, 3.63) is 18.5 Å². The highest BCUT2D eigenvalue weighted by atomic mass is 32.2. The summed E-state index contributed by atoms with van der Waals surface area (Å²) in [5.41, 5.74) is 0.102. The number of morpholine rings is 1. The minimum atomic E-state index is 0.0781. The number of nitrogens with one attached hydrogen (secondary N) is 1. The smallest absolute Gasteiger partial charge is 0.230 e. The monoisotopic (exact) mass is 419 g/mol. The van der Waals surface area contributed by atoms with Gasteiger partial charge in [0.05, 0.1) is 19.0 Å². The molecule has 4 rings (SSSR count). The molecule has 0 unspecified atom stereocenters. The molecule has 3 fully saturated rings. The van der Waals surface area contributed by atoms with Crippen LogP contribution < -0.4 is 5.32 Å². The van der Waals surface area contributed by atoms with Crippen LogP contribution in [0.2, 0.25) is 0 Å². The van der Waals surface area contributed by atoms with Crippen molar-refractivity contribution >= 4 is 17.7 Å². The van der Waals surface area contributed by atoms with Crippen LogP contribution in [0.4, 0.5) is 0 Å². The van der Waals surface area contributed by atoms with E-state index in [1.54, 1.807) is 0 Å². The van der Waals surface area contributed by atoms with Crippen LogP contribution in [0.5, 0.6) is 0 Å². The lowest BCUT2D eigenvalue weighted by Crippen LogP contribution is -2.59. The molecule has 2 heterocycles. The first-order valence-corrected chi connectivity index (χ1v) is 12.0. The maximum absolute atomic E-state index is 12.7. The molecule has 1 N–H and O–H groups in total. The van der Waals surface area contributed by atoms with Gasteiger partial charge in [0.2, 0.25) is 5.91 Å². The Hall–Kier alpha value is -1.38. The number of allylic oxidation sites excluding steroid dienone is 1. The lowest BCUT2D eigenvalue weighted by Gasteiger charge is -2.48. The first kappa shape index (κ1) is 20.9. The molecule has 0 bridgehead atoms. The van der Waals surface area contributed by atoms with E-state index in [0.29, 0.717) is 18.2 Å². The van der Waals surface area contributed by atoms with Crippen LogP contribution in [-0.4, -0.2) is 69.7 Å². The number of aromatic nitrogens is 3. The Balaban J connectivity index is 1.32. The number of hydrogen-bond donors (Lipinski definition) is 1. The summed E-state index contributed by atoms with van der Waals surface area (Å²) in [5.74, 6) is 2.03. The van der Waals surface area contributed by atoms with Gasteiger partial charge in [0.15, 0.2) is 5.16 Å². The molecule has 3 aliphatic rings. The molecule has 29 heavy (non-hydrogen) atoms. The molecule has 0 radical (unpaired) electrons. The molecule has 1 aromatic rings. The SMILES string of the molecule is C=CCn1c(SCC(=O)NCC2(N3CCOCC3)CCCCC2)nnc1C1CC1. The van der Waals surface area contributed by atoms with Crippen LogP contribution in [-0.2, 0) is 16.1 Å². The van der Waals surface area contributed by atoms with Crippen molar-refractivity contribution in [3.8, 4) is 0 Å². The van der Waals surface area contributed by atoms with Gasteiger partial charge in [0.1, 0.15) is 5.82 Å². The van der Waals surface area contributed by atoms with Gasteiger partial charge < -0.3 is 14.6 Å². The molecule has 7 nitrogen and oxygen atoms in total. The molecular weight excluding hydrogens is 386 g/mol. The fraction of sp³-hybridized carbons (Fsp3) is 0.762. The summed E-state index contributed by atoms with van der Waals surface area (Å²) in [4.78, 5) is 15.2. The molecule has 2 saturated carbocycles. The van der Waals surface area contributed by atoms with Crippen LogP contribution in [0, 0.1) is 0 Å². The third-order valence-electron chi connectivity index (χ3n) is 6.41. The van der Waals surface area contributed by atoms with Crippen molar-refractivity contribution in [1.82, 2.24) is 25.0 Å². The Morgan fingerprint density at radius 3 is 2.69 bits per heavy atom. The van der Waals surface area contributed by atoms with Gasteiger partial charge in [0.25, 0.3) is 0 Å². The summed E-state index contributed by atoms with van der Waals surface area (Å²) in [6.07, 6.45) is 10.4. The normalized spacial score (nSPS) is 22.3.